The Morgan fingerprint density at radius 2 is 1.85 bits per heavy atom. The lowest BCUT2D eigenvalue weighted by Crippen LogP contribution is -2.33. The second kappa shape index (κ2) is 6.71. The lowest BCUT2D eigenvalue weighted by atomic mass is 10.0. The number of fused-ring (bicyclic) bond motifs is 1. The average Bonchev–Trinajstić information content (AvgIpc) is 2.96. The summed E-state index contributed by atoms with van der Waals surface area (Å²) in [6.45, 7) is 2.96. The first-order valence-electron chi connectivity index (χ1n) is 8.56. The normalized spacial score (nSPS) is 14.0. The number of hydrogen-bond acceptors (Lipinski definition) is 4. The number of carbonyl (C=O) groups is 1. The molecule has 0 bridgehead atoms. The van der Waals surface area contributed by atoms with E-state index in [0.717, 1.165) is 28.3 Å². The van der Waals surface area contributed by atoms with Gasteiger partial charge in [0.15, 0.2) is 5.76 Å². The number of nitrogens with zero attached hydrogens (tertiary/aromatic N) is 3. The molecule has 0 N–H and O–H groups in total. The van der Waals surface area contributed by atoms with E-state index in [9.17, 15) is 9.18 Å². The number of amides is 1. The molecule has 3 heterocycles. The lowest BCUT2D eigenvalue weighted by molar-refractivity contribution is 0.0729. The highest BCUT2D eigenvalue weighted by Crippen LogP contribution is 2.26. The second-order valence-corrected chi connectivity index (χ2v) is 6.36. The van der Waals surface area contributed by atoms with Crippen LogP contribution in [0.4, 0.5) is 4.39 Å². The molecule has 132 valence electrons. The number of furan rings is 1. The van der Waals surface area contributed by atoms with Crippen molar-refractivity contribution >= 4 is 5.91 Å². The Kier molecular flexibility index (Phi) is 4.24. The molecule has 1 aliphatic rings. The third kappa shape index (κ3) is 3.10. The van der Waals surface area contributed by atoms with Gasteiger partial charge in [0.05, 0.1) is 5.69 Å². The number of carbonyl (C=O) groups excluding carboxylic acids is 1. The van der Waals surface area contributed by atoms with Crippen molar-refractivity contribution < 1.29 is 13.6 Å². The Balaban J connectivity index is 1.61. The molecule has 0 fully saturated rings. The zero-order chi connectivity index (χ0) is 18.1. The van der Waals surface area contributed by atoms with Gasteiger partial charge in [-0.1, -0.05) is 0 Å². The fourth-order valence-electron chi connectivity index (χ4n) is 3.29. The summed E-state index contributed by atoms with van der Waals surface area (Å²) in [5.41, 5.74) is 3.61. The van der Waals surface area contributed by atoms with E-state index in [2.05, 4.69) is 9.97 Å². The summed E-state index contributed by atoms with van der Waals surface area (Å²) in [6.07, 6.45) is 2.83. The van der Waals surface area contributed by atoms with Gasteiger partial charge in [0, 0.05) is 36.3 Å². The van der Waals surface area contributed by atoms with Crippen LogP contribution in [0.5, 0.6) is 0 Å². The number of aryl methyl sites for hydroxylation is 1. The van der Waals surface area contributed by atoms with Crippen LogP contribution in [-0.2, 0) is 12.8 Å². The summed E-state index contributed by atoms with van der Waals surface area (Å²) in [7, 11) is 0. The van der Waals surface area contributed by atoms with Crippen LogP contribution < -0.4 is 0 Å². The maximum Gasteiger partial charge on any atom is 0.289 e. The maximum absolute atomic E-state index is 13.2. The summed E-state index contributed by atoms with van der Waals surface area (Å²) in [5.74, 6) is 0.691. The van der Waals surface area contributed by atoms with Gasteiger partial charge in [-0.15, -0.1) is 0 Å². The second-order valence-electron chi connectivity index (χ2n) is 6.36. The topological polar surface area (TPSA) is 59.2 Å². The van der Waals surface area contributed by atoms with Crippen LogP contribution >= 0.6 is 0 Å². The average molecular weight is 351 g/mol. The van der Waals surface area contributed by atoms with Gasteiger partial charge in [-0.05, 0) is 49.7 Å². The summed E-state index contributed by atoms with van der Waals surface area (Å²) in [4.78, 5) is 23.3. The molecule has 26 heavy (non-hydrogen) atoms. The van der Waals surface area contributed by atoms with E-state index >= 15 is 0 Å². The summed E-state index contributed by atoms with van der Waals surface area (Å²) in [5, 5.41) is 0. The van der Waals surface area contributed by atoms with Crippen LogP contribution in [-0.4, -0.2) is 33.9 Å². The molecule has 4 rings (SSSR count). The molecule has 3 aromatic rings. The van der Waals surface area contributed by atoms with E-state index in [1.165, 1.54) is 18.5 Å². The Labute approximate surface area is 150 Å². The number of rotatable bonds is 2. The van der Waals surface area contributed by atoms with Gasteiger partial charge in [0.2, 0.25) is 0 Å². The van der Waals surface area contributed by atoms with Crippen molar-refractivity contribution in [3.8, 4) is 11.3 Å². The molecule has 0 saturated heterocycles. The highest BCUT2D eigenvalue weighted by molar-refractivity contribution is 5.91. The van der Waals surface area contributed by atoms with Crippen molar-refractivity contribution in [2.75, 3.05) is 13.1 Å². The number of aromatic nitrogens is 2. The van der Waals surface area contributed by atoms with Crippen molar-refractivity contribution in [1.82, 2.24) is 14.9 Å². The first kappa shape index (κ1) is 16.4. The molecular weight excluding hydrogens is 333 g/mol. The first-order valence-corrected chi connectivity index (χ1v) is 8.56. The predicted molar refractivity (Wildman–Crippen MR) is 94.2 cm³/mol. The smallest absolute Gasteiger partial charge is 0.289 e. The van der Waals surface area contributed by atoms with Gasteiger partial charge < -0.3 is 9.32 Å². The molecule has 1 aliphatic heterocycles. The minimum absolute atomic E-state index is 0.109. The number of benzene rings is 1. The molecule has 5 nitrogen and oxygen atoms in total. The number of halogens is 1. The molecule has 1 amide bonds. The standard InChI is InChI=1S/C20H18FN3O2/c1-13-2-7-18(26-13)20(25)24-10-8-16-17(9-11-24)22-12-23-19(16)14-3-5-15(21)6-4-14/h2-7,12H,8-11H2,1H3. The van der Waals surface area contributed by atoms with Gasteiger partial charge in [-0.25, -0.2) is 14.4 Å². The van der Waals surface area contributed by atoms with Crippen LogP contribution in [0, 0.1) is 12.7 Å². The maximum atomic E-state index is 13.2. The van der Waals surface area contributed by atoms with Crippen LogP contribution in [0.1, 0.15) is 27.6 Å². The summed E-state index contributed by atoms with van der Waals surface area (Å²) >= 11 is 0. The molecule has 0 radical (unpaired) electrons. The Bertz CT molecular complexity index is 950. The van der Waals surface area contributed by atoms with Crippen molar-refractivity contribution in [2.24, 2.45) is 0 Å². The van der Waals surface area contributed by atoms with Gasteiger partial charge in [-0.3, -0.25) is 4.79 Å². The highest BCUT2D eigenvalue weighted by Gasteiger charge is 2.24. The molecule has 0 aliphatic carbocycles. The Morgan fingerprint density at radius 1 is 1.08 bits per heavy atom. The molecule has 6 heteroatoms. The first-order chi connectivity index (χ1) is 12.6. The SMILES string of the molecule is Cc1ccc(C(=O)N2CCc3ncnc(-c4ccc(F)cc4)c3CC2)o1. The summed E-state index contributed by atoms with van der Waals surface area (Å²) < 4.78 is 18.7. The van der Waals surface area contributed by atoms with E-state index in [1.807, 2.05) is 6.92 Å². The van der Waals surface area contributed by atoms with Crippen LogP contribution in [0.25, 0.3) is 11.3 Å². The minimum atomic E-state index is -0.278. The van der Waals surface area contributed by atoms with Crippen LogP contribution in [0.15, 0.2) is 47.1 Å². The minimum Gasteiger partial charge on any atom is -0.456 e. The monoisotopic (exact) mass is 351 g/mol. The van der Waals surface area contributed by atoms with Crippen molar-refractivity contribution in [2.45, 2.75) is 19.8 Å². The zero-order valence-electron chi connectivity index (χ0n) is 14.4. The van der Waals surface area contributed by atoms with E-state index in [-0.39, 0.29) is 11.7 Å². The number of hydrogen-bond donors (Lipinski definition) is 0. The summed E-state index contributed by atoms with van der Waals surface area (Å²) in [6, 6.07) is 9.79. The third-order valence-corrected chi connectivity index (χ3v) is 4.64. The van der Waals surface area contributed by atoms with E-state index in [0.29, 0.717) is 31.7 Å². The lowest BCUT2D eigenvalue weighted by Gasteiger charge is -2.18. The van der Waals surface area contributed by atoms with E-state index in [4.69, 9.17) is 4.42 Å². The fourth-order valence-corrected chi connectivity index (χ4v) is 3.29. The molecule has 0 saturated carbocycles. The largest absolute Gasteiger partial charge is 0.456 e. The molecule has 1 aromatic carbocycles. The van der Waals surface area contributed by atoms with Gasteiger partial charge >= 0.3 is 0 Å². The predicted octanol–water partition coefficient (Wildman–Crippen LogP) is 3.43. The van der Waals surface area contributed by atoms with Crippen LogP contribution in [0.2, 0.25) is 0 Å². The van der Waals surface area contributed by atoms with Gasteiger partial charge in [-0.2, -0.15) is 0 Å². The Hall–Kier alpha value is -3.02. The third-order valence-electron chi connectivity index (χ3n) is 4.64. The van der Waals surface area contributed by atoms with Gasteiger partial charge in [0.1, 0.15) is 17.9 Å². The zero-order valence-corrected chi connectivity index (χ0v) is 14.4. The quantitative estimate of drug-likeness (QED) is 0.710. The van der Waals surface area contributed by atoms with E-state index in [1.54, 1.807) is 29.2 Å². The molecule has 2 aromatic heterocycles. The van der Waals surface area contributed by atoms with Gasteiger partial charge in [0.25, 0.3) is 5.91 Å². The molecule has 0 unspecified atom stereocenters. The fraction of sp³-hybridized carbons (Fsp3) is 0.250. The van der Waals surface area contributed by atoms with E-state index < -0.39 is 0 Å². The molecule has 0 atom stereocenters. The van der Waals surface area contributed by atoms with Crippen molar-refractivity contribution in [3.63, 3.8) is 0 Å². The molecular formula is C20H18FN3O2. The highest BCUT2D eigenvalue weighted by atomic mass is 19.1. The molecule has 0 spiro atoms. The van der Waals surface area contributed by atoms with Crippen molar-refractivity contribution in [3.05, 3.63) is 71.3 Å². The Morgan fingerprint density at radius 3 is 2.58 bits per heavy atom. The van der Waals surface area contributed by atoms with Crippen LogP contribution in [0.3, 0.4) is 0 Å². The van der Waals surface area contributed by atoms with Crippen molar-refractivity contribution in [1.29, 1.82) is 0 Å².